The Labute approximate surface area is 46.2 Å². The summed E-state index contributed by atoms with van der Waals surface area (Å²) in [5, 5.41) is 7.56. The van der Waals surface area contributed by atoms with E-state index in [1.807, 2.05) is 6.07 Å². The molecule has 0 aliphatic rings. The molecule has 0 spiro atoms. The van der Waals surface area contributed by atoms with Crippen molar-refractivity contribution in [3.05, 3.63) is 6.92 Å². The standard InChI is InChI=1S/C3H4N.W/c1-2-3-4;/h1-2H2;/q-1;. The van der Waals surface area contributed by atoms with Crippen molar-refractivity contribution in [3.63, 3.8) is 0 Å². The van der Waals surface area contributed by atoms with Gasteiger partial charge in [0.2, 0.25) is 0 Å². The fourth-order valence-corrected chi connectivity index (χ4v) is 0. The molecule has 0 aliphatic heterocycles. The number of rotatable bonds is 0. The Hall–Kier alpha value is 0.178. The van der Waals surface area contributed by atoms with Gasteiger partial charge < -0.3 is 6.92 Å². The molecule has 1 nitrogen and oxygen atoms in total. The van der Waals surface area contributed by atoms with Crippen molar-refractivity contribution in [1.82, 2.24) is 0 Å². The second-order valence-electron chi connectivity index (χ2n) is 0.408. The smallest absolute Gasteiger partial charge is 0.0292 e. The van der Waals surface area contributed by atoms with E-state index in [1.54, 1.807) is 0 Å². The second-order valence-corrected chi connectivity index (χ2v) is 0.408. The Morgan fingerprint density at radius 3 is 2.00 bits per heavy atom. The van der Waals surface area contributed by atoms with Gasteiger partial charge in [0, 0.05) is 27.1 Å². The van der Waals surface area contributed by atoms with Gasteiger partial charge in [0.15, 0.2) is 0 Å². The van der Waals surface area contributed by atoms with Gasteiger partial charge in [-0.05, 0) is 0 Å². The average Bonchev–Trinajstić information content (AvgIpc) is 1.37. The van der Waals surface area contributed by atoms with Crippen LogP contribution in [0.4, 0.5) is 0 Å². The van der Waals surface area contributed by atoms with Gasteiger partial charge in [-0.2, -0.15) is 0 Å². The maximum absolute atomic E-state index is 7.56. The first kappa shape index (κ1) is 8.95. The van der Waals surface area contributed by atoms with Gasteiger partial charge in [-0.25, -0.2) is 5.26 Å². The first-order chi connectivity index (χ1) is 1.91. The Balaban J connectivity index is 0. The molecule has 0 N–H and O–H groups in total. The van der Waals surface area contributed by atoms with Crippen molar-refractivity contribution < 1.29 is 21.1 Å². The molecule has 0 fully saturated rings. The van der Waals surface area contributed by atoms with E-state index < -0.39 is 0 Å². The summed E-state index contributed by atoms with van der Waals surface area (Å²) in [6, 6.07) is 1.82. The van der Waals surface area contributed by atoms with Crippen LogP contribution in [0.25, 0.3) is 0 Å². The molecule has 28 valence electrons. The van der Waals surface area contributed by atoms with Crippen molar-refractivity contribution >= 4 is 0 Å². The normalized spacial score (nSPS) is 4.00. The van der Waals surface area contributed by atoms with Gasteiger partial charge in [-0.1, -0.05) is 6.42 Å². The number of nitriles is 1. The van der Waals surface area contributed by atoms with E-state index in [4.69, 9.17) is 5.26 Å². The maximum atomic E-state index is 7.56. The molecule has 0 heterocycles. The fraction of sp³-hybridized carbons (Fsp3) is 0.333. The van der Waals surface area contributed by atoms with Crippen LogP contribution in [0, 0.1) is 18.3 Å². The molecule has 0 saturated heterocycles. The zero-order valence-electron chi connectivity index (χ0n) is 2.77. The monoisotopic (exact) mass is 238 g/mol. The SMILES string of the molecule is [CH2-]CC#N.[W]. The third-order valence-corrected chi connectivity index (χ3v) is 0.112. The van der Waals surface area contributed by atoms with E-state index in [1.165, 1.54) is 0 Å². The quantitative estimate of drug-likeness (QED) is 0.570. The van der Waals surface area contributed by atoms with Crippen molar-refractivity contribution in [2.75, 3.05) is 0 Å². The molecule has 5 heavy (non-hydrogen) atoms. The van der Waals surface area contributed by atoms with Gasteiger partial charge in [0.25, 0.3) is 0 Å². The summed E-state index contributed by atoms with van der Waals surface area (Å²) in [5.41, 5.74) is 0. The summed E-state index contributed by atoms with van der Waals surface area (Å²) in [5.74, 6) is 0. The van der Waals surface area contributed by atoms with Gasteiger partial charge in [0.1, 0.15) is 0 Å². The second kappa shape index (κ2) is 8.90. The summed E-state index contributed by atoms with van der Waals surface area (Å²) < 4.78 is 0. The van der Waals surface area contributed by atoms with Crippen LogP contribution in [0.2, 0.25) is 0 Å². The number of nitrogens with zero attached hydrogens (tertiary/aromatic N) is 1. The van der Waals surface area contributed by atoms with E-state index >= 15 is 0 Å². The minimum atomic E-state index is 0. The van der Waals surface area contributed by atoms with Crippen LogP contribution in [-0.2, 0) is 21.1 Å². The van der Waals surface area contributed by atoms with Crippen LogP contribution in [0.3, 0.4) is 0 Å². The van der Waals surface area contributed by atoms with Gasteiger partial charge >= 0.3 is 0 Å². The molecule has 0 saturated carbocycles. The summed E-state index contributed by atoms with van der Waals surface area (Å²) >= 11 is 0. The minimum Gasteiger partial charge on any atom is -0.330 e. The molecule has 0 aromatic carbocycles. The van der Waals surface area contributed by atoms with E-state index in [0.717, 1.165) is 0 Å². The Bertz CT molecular complexity index is 36.6. The van der Waals surface area contributed by atoms with Crippen LogP contribution in [-0.4, -0.2) is 0 Å². The van der Waals surface area contributed by atoms with E-state index in [9.17, 15) is 0 Å². The summed E-state index contributed by atoms with van der Waals surface area (Å²) in [4.78, 5) is 0. The first-order valence-corrected chi connectivity index (χ1v) is 1.08. The van der Waals surface area contributed by atoms with Gasteiger partial charge in [0.05, 0.1) is 0 Å². The van der Waals surface area contributed by atoms with E-state index in [-0.39, 0.29) is 21.1 Å². The molecule has 2 heteroatoms. The molecule has 0 rings (SSSR count). The van der Waals surface area contributed by atoms with Crippen LogP contribution < -0.4 is 0 Å². The average molecular weight is 238 g/mol. The molecule has 0 aromatic heterocycles. The Morgan fingerprint density at radius 2 is 2.00 bits per heavy atom. The van der Waals surface area contributed by atoms with Crippen LogP contribution in [0.1, 0.15) is 6.42 Å². The van der Waals surface area contributed by atoms with Gasteiger partial charge in [-0.3, -0.25) is 0 Å². The molecule has 0 aromatic rings. The van der Waals surface area contributed by atoms with Crippen LogP contribution in [0.5, 0.6) is 0 Å². The predicted octanol–water partition coefficient (Wildman–Crippen LogP) is 0.732. The van der Waals surface area contributed by atoms with Crippen LogP contribution >= 0.6 is 0 Å². The third kappa shape index (κ3) is 14.3. The zero-order chi connectivity index (χ0) is 3.41. The molecule has 0 radical (unpaired) electrons. The summed E-state index contributed by atoms with van der Waals surface area (Å²) in [7, 11) is 0. The molecule has 0 amide bonds. The van der Waals surface area contributed by atoms with Crippen LogP contribution in [0.15, 0.2) is 0 Å². The topological polar surface area (TPSA) is 23.8 Å². The third-order valence-electron chi connectivity index (χ3n) is 0.112. The van der Waals surface area contributed by atoms with Crippen molar-refractivity contribution in [3.8, 4) is 6.07 Å². The minimum absolute atomic E-state index is 0. The first-order valence-electron chi connectivity index (χ1n) is 1.08. The predicted molar refractivity (Wildman–Crippen MR) is 15.6 cm³/mol. The maximum Gasteiger partial charge on any atom is 0.0292 e. The van der Waals surface area contributed by atoms with E-state index in [2.05, 4.69) is 6.92 Å². The largest absolute Gasteiger partial charge is 0.330 e. The van der Waals surface area contributed by atoms with Gasteiger partial charge in [-0.15, -0.1) is 0 Å². The van der Waals surface area contributed by atoms with Crippen molar-refractivity contribution in [1.29, 1.82) is 5.26 Å². The fourth-order valence-electron chi connectivity index (χ4n) is 0. The number of hydrogen-bond donors (Lipinski definition) is 0. The summed E-state index contributed by atoms with van der Waals surface area (Å²) in [6.07, 6.45) is 0.375. The zero-order valence-corrected chi connectivity index (χ0v) is 5.70. The number of hydrogen-bond acceptors (Lipinski definition) is 1. The Kier molecular flexibility index (Phi) is 15.9. The molecule has 0 unspecified atom stereocenters. The van der Waals surface area contributed by atoms with E-state index in [0.29, 0.717) is 6.42 Å². The molecular formula is C3H4NW-. The molecule has 0 aliphatic carbocycles. The Morgan fingerprint density at radius 1 is 1.80 bits per heavy atom. The molecule has 0 atom stereocenters. The summed E-state index contributed by atoms with van der Waals surface area (Å²) in [6.45, 7) is 3.24. The molecular weight excluding hydrogens is 234 g/mol. The van der Waals surface area contributed by atoms with Crippen molar-refractivity contribution in [2.24, 2.45) is 0 Å². The molecule has 0 bridgehead atoms. The van der Waals surface area contributed by atoms with Crippen molar-refractivity contribution in [2.45, 2.75) is 6.42 Å².